The minimum Gasteiger partial charge on any atom is -0.493 e. The van der Waals surface area contributed by atoms with Crippen LogP contribution in [0.2, 0.25) is 0 Å². The van der Waals surface area contributed by atoms with Gasteiger partial charge in [0.05, 0.1) is 30.9 Å². The van der Waals surface area contributed by atoms with Crippen molar-refractivity contribution in [1.82, 2.24) is 4.98 Å². The van der Waals surface area contributed by atoms with Gasteiger partial charge in [-0.05, 0) is 57.2 Å². The van der Waals surface area contributed by atoms with E-state index in [-0.39, 0.29) is 0 Å². The number of ether oxygens (including phenoxy) is 2. The molecule has 1 aromatic heterocycles. The molecule has 7 heteroatoms. The molecule has 2 aliphatic rings. The molecule has 32 heavy (non-hydrogen) atoms. The number of aromatic nitrogens is 1. The van der Waals surface area contributed by atoms with Crippen molar-refractivity contribution >= 4 is 28.0 Å². The summed E-state index contributed by atoms with van der Waals surface area (Å²) >= 11 is 1.75. The van der Waals surface area contributed by atoms with Crippen LogP contribution in [0.1, 0.15) is 48.4 Å². The molecule has 1 aliphatic carbocycles. The van der Waals surface area contributed by atoms with Crippen molar-refractivity contribution in [2.24, 2.45) is 5.41 Å². The first-order valence-corrected chi connectivity index (χ1v) is 12.1. The maximum absolute atomic E-state index is 11.6. The highest BCUT2D eigenvalue weighted by molar-refractivity contribution is 7.15. The molecular weight excluding hydrogens is 424 g/mol. The number of anilines is 1. The van der Waals surface area contributed by atoms with E-state index in [1.165, 1.54) is 10.4 Å². The van der Waals surface area contributed by atoms with Gasteiger partial charge in [-0.25, -0.2) is 4.98 Å². The van der Waals surface area contributed by atoms with E-state index in [0.717, 1.165) is 73.3 Å². The van der Waals surface area contributed by atoms with Gasteiger partial charge in [-0.3, -0.25) is 4.79 Å². The largest absolute Gasteiger partial charge is 0.493 e. The third-order valence-corrected chi connectivity index (χ3v) is 7.31. The monoisotopic (exact) mass is 456 g/mol. The first-order valence-electron chi connectivity index (χ1n) is 11.3. The van der Waals surface area contributed by atoms with Crippen molar-refractivity contribution in [3.63, 3.8) is 0 Å². The second-order valence-corrected chi connectivity index (χ2v) is 10.3. The molecule has 0 amide bonds. The highest BCUT2D eigenvalue weighted by Gasteiger charge is 2.30. The molecule has 1 N–H and O–H groups in total. The third kappa shape index (κ3) is 4.99. The quantitative estimate of drug-likeness (QED) is 0.619. The lowest BCUT2D eigenvalue weighted by atomic mass is 9.79. The van der Waals surface area contributed by atoms with Gasteiger partial charge in [-0.15, -0.1) is 11.3 Å². The van der Waals surface area contributed by atoms with Crippen LogP contribution >= 0.6 is 11.3 Å². The third-order valence-electron chi connectivity index (χ3n) is 6.23. The van der Waals surface area contributed by atoms with E-state index in [4.69, 9.17) is 14.5 Å². The van der Waals surface area contributed by atoms with Crippen LogP contribution in [0.25, 0.3) is 5.57 Å². The Kier molecular flexibility index (Phi) is 6.86. The first kappa shape index (κ1) is 22.8. The Morgan fingerprint density at radius 2 is 2.09 bits per heavy atom. The lowest BCUT2D eigenvalue weighted by molar-refractivity contribution is -0.146. The van der Waals surface area contributed by atoms with Crippen LogP contribution in [0.5, 0.6) is 5.75 Å². The molecule has 4 rings (SSSR count). The number of aryl methyl sites for hydroxylation is 1. The topological polar surface area (TPSA) is 71.9 Å². The van der Waals surface area contributed by atoms with Gasteiger partial charge in [0.2, 0.25) is 0 Å². The average molecular weight is 457 g/mol. The molecule has 172 valence electrons. The van der Waals surface area contributed by atoms with Gasteiger partial charge in [0.1, 0.15) is 5.75 Å². The summed E-state index contributed by atoms with van der Waals surface area (Å²) in [4.78, 5) is 20.0. The molecule has 1 aromatic carbocycles. The Morgan fingerprint density at radius 3 is 2.84 bits per heavy atom. The second kappa shape index (κ2) is 9.63. The van der Waals surface area contributed by atoms with Crippen LogP contribution in [-0.4, -0.2) is 49.0 Å². The van der Waals surface area contributed by atoms with Gasteiger partial charge in [-0.2, -0.15) is 0 Å². The van der Waals surface area contributed by atoms with Crippen molar-refractivity contribution < 1.29 is 19.4 Å². The highest BCUT2D eigenvalue weighted by Crippen LogP contribution is 2.39. The fraction of sp³-hybridized carbons (Fsp3) is 0.520. The number of hydrogen-bond donors (Lipinski definition) is 1. The van der Waals surface area contributed by atoms with Crippen molar-refractivity contribution in [3.05, 3.63) is 46.0 Å². The number of nitrogens with zero attached hydrogens (tertiary/aromatic N) is 2. The van der Waals surface area contributed by atoms with Gasteiger partial charge in [-0.1, -0.05) is 18.2 Å². The molecule has 1 saturated heterocycles. The molecule has 0 radical (unpaired) electrons. The summed E-state index contributed by atoms with van der Waals surface area (Å²) in [5.41, 5.74) is 3.73. The van der Waals surface area contributed by atoms with Crippen molar-refractivity contribution in [2.75, 3.05) is 37.8 Å². The van der Waals surface area contributed by atoms with E-state index in [9.17, 15) is 9.90 Å². The minimum absolute atomic E-state index is 0.515. The number of morpholine rings is 1. The summed E-state index contributed by atoms with van der Waals surface area (Å²) in [6, 6.07) is 6.12. The molecule has 1 aliphatic heterocycles. The molecule has 0 unspecified atom stereocenters. The summed E-state index contributed by atoms with van der Waals surface area (Å²) in [6.45, 7) is 9.58. The van der Waals surface area contributed by atoms with Crippen molar-refractivity contribution in [1.29, 1.82) is 0 Å². The zero-order valence-corrected chi connectivity index (χ0v) is 20.0. The Labute approximate surface area is 193 Å². The standard InChI is InChI=1S/C25H32N2O4S/c1-17-21(26-24(32-17)27-11-14-30-15-12-27)10-13-31-22-9-5-7-19-18(6-4-8-20(19)22)16-25(2,3)23(28)29/h5-7,9H,4,8,10-16H2,1-3H3,(H,28,29). The van der Waals surface area contributed by atoms with Gasteiger partial charge in [0, 0.05) is 30.0 Å². The molecule has 0 saturated carbocycles. The van der Waals surface area contributed by atoms with Gasteiger partial charge < -0.3 is 19.5 Å². The fourth-order valence-corrected chi connectivity index (χ4v) is 5.28. The van der Waals surface area contributed by atoms with Crippen LogP contribution in [-0.2, 0) is 22.4 Å². The number of carboxylic acids is 1. The second-order valence-electron chi connectivity index (χ2n) is 9.11. The number of rotatable bonds is 8. The van der Waals surface area contributed by atoms with Crippen molar-refractivity contribution in [2.45, 2.75) is 46.5 Å². The maximum Gasteiger partial charge on any atom is 0.309 e. The summed E-state index contributed by atoms with van der Waals surface area (Å²) < 4.78 is 11.7. The molecule has 2 aromatic rings. The molecule has 2 heterocycles. The smallest absolute Gasteiger partial charge is 0.309 e. The maximum atomic E-state index is 11.6. The number of carboxylic acid groups (broad SMARTS) is 1. The number of carbonyl (C=O) groups is 1. The van der Waals surface area contributed by atoms with Gasteiger partial charge >= 0.3 is 5.97 Å². The normalized spacial score (nSPS) is 16.5. The average Bonchev–Trinajstić information content (AvgIpc) is 3.15. The van der Waals surface area contributed by atoms with Crippen LogP contribution in [0, 0.1) is 12.3 Å². The van der Waals surface area contributed by atoms with E-state index < -0.39 is 11.4 Å². The first-order chi connectivity index (χ1) is 15.3. The highest BCUT2D eigenvalue weighted by atomic mass is 32.1. The number of allylic oxidation sites excluding steroid dienone is 2. The van der Waals surface area contributed by atoms with E-state index >= 15 is 0 Å². The molecule has 1 fully saturated rings. The molecule has 0 spiro atoms. The molecular formula is C25H32N2O4S. The lowest BCUT2D eigenvalue weighted by Crippen LogP contribution is -2.36. The van der Waals surface area contributed by atoms with Crippen LogP contribution in [0.4, 0.5) is 5.13 Å². The van der Waals surface area contributed by atoms with E-state index in [2.05, 4.69) is 24.0 Å². The predicted octanol–water partition coefficient (Wildman–Crippen LogP) is 4.74. The van der Waals surface area contributed by atoms with Crippen LogP contribution in [0.3, 0.4) is 0 Å². The van der Waals surface area contributed by atoms with Crippen LogP contribution in [0.15, 0.2) is 24.3 Å². The van der Waals surface area contributed by atoms with E-state index in [1.807, 2.05) is 12.1 Å². The van der Waals surface area contributed by atoms with Gasteiger partial charge in [0.25, 0.3) is 0 Å². The number of fused-ring (bicyclic) bond motifs is 1. The summed E-state index contributed by atoms with van der Waals surface area (Å²) in [5.74, 6) is 0.135. The Morgan fingerprint density at radius 1 is 1.31 bits per heavy atom. The Hall–Kier alpha value is -2.38. The summed E-state index contributed by atoms with van der Waals surface area (Å²) in [5, 5.41) is 10.6. The molecule has 6 nitrogen and oxygen atoms in total. The fourth-order valence-electron chi connectivity index (χ4n) is 4.27. The lowest BCUT2D eigenvalue weighted by Gasteiger charge is -2.26. The van der Waals surface area contributed by atoms with Crippen LogP contribution < -0.4 is 9.64 Å². The zero-order valence-electron chi connectivity index (χ0n) is 19.1. The van der Waals surface area contributed by atoms with Crippen molar-refractivity contribution in [3.8, 4) is 5.75 Å². The number of aliphatic carboxylic acids is 1. The molecule has 0 bridgehead atoms. The number of hydrogen-bond acceptors (Lipinski definition) is 6. The Balaban J connectivity index is 1.42. The number of benzene rings is 1. The van der Waals surface area contributed by atoms with E-state index in [1.54, 1.807) is 25.2 Å². The summed E-state index contributed by atoms with van der Waals surface area (Å²) in [7, 11) is 0. The zero-order chi connectivity index (χ0) is 22.7. The van der Waals surface area contributed by atoms with Gasteiger partial charge in [0.15, 0.2) is 5.13 Å². The SMILES string of the molecule is Cc1sc(N2CCOCC2)nc1CCOc1cccc2c1CCC=C2CC(C)(C)C(=O)O. The number of thiazole rings is 1. The Bertz CT molecular complexity index is 1010. The predicted molar refractivity (Wildman–Crippen MR) is 128 cm³/mol. The summed E-state index contributed by atoms with van der Waals surface area (Å²) in [6.07, 6.45) is 5.29. The minimum atomic E-state index is -0.794. The molecule has 0 atom stereocenters. The van der Waals surface area contributed by atoms with E-state index in [0.29, 0.717) is 13.0 Å².